The highest BCUT2D eigenvalue weighted by Crippen LogP contribution is 2.21. The minimum atomic E-state index is -0.574. The molecule has 6 heteroatoms. The highest BCUT2D eigenvalue weighted by molar-refractivity contribution is 5.84. The summed E-state index contributed by atoms with van der Waals surface area (Å²) in [6, 6.07) is 16.4. The van der Waals surface area contributed by atoms with Crippen LogP contribution in [0.4, 0.5) is 0 Å². The number of amides is 2. The summed E-state index contributed by atoms with van der Waals surface area (Å²) in [4.78, 5) is 25.6. The Labute approximate surface area is 211 Å². The summed E-state index contributed by atoms with van der Waals surface area (Å²) in [5, 5.41) is 6.05. The molecule has 0 aliphatic carbocycles. The van der Waals surface area contributed by atoms with Gasteiger partial charge in [-0.05, 0) is 54.9 Å². The van der Waals surface area contributed by atoms with Gasteiger partial charge in [-0.2, -0.15) is 0 Å². The lowest BCUT2D eigenvalue weighted by molar-refractivity contribution is -0.125. The zero-order valence-electron chi connectivity index (χ0n) is 21.9. The summed E-state index contributed by atoms with van der Waals surface area (Å²) < 4.78 is 5.93. The number of nitrogens with one attached hydrogen (secondary N) is 2. The molecule has 0 aliphatic rings. The molecule has 4 atom stereocenters. The lowest BCUT2D eigenvalue weighted by Crippen LogP contribution is -2.45. The molecule has 0 aliphatic heterocycles. The quantitative estimate of drug-likeness (QED) is 0.356. The zero-order valence-corrected chi connectivity index (χ0v) is 21.9. The fourth-order valence-electron chi connectivity index (χ4n) is 4.00. The number of nitrogens with two attached hydrogens (primary N) is 1. The SMILES string of the molecule is CCCC(C)COc1ccc([C@H](CNC(=O)[C@H](N)CC(C)C)NC(=O)[C@@H](C)c2ccccc2)cc1. The largest absolute Gasteiger partial charge is 0.493 e. The van der Waals surface area contributed by atoms with E-state index in [1.807, 2.05) is 75.4 Å². The first-order valence-corrected chi connectivity index (χ1v) is 12.8. The van der Waals surface area contributed by atoms with E-state index < -0.39 is 12.1 Å². The number of rotatable bonds is 14. The molecule has 35 heavy (non-hydrogen) atoms. The van der Waals surface area contributed by atoms with E-state index in [-0.39, 0.29) is 24.3 Å². The van der Waals surface area contributed by atoms with Crippen molar-refractivity contribution < 1.29 is 14.3 Å². The van der Waals surface area contributed by atoms with Crippen molar-refractivity contribution in [1.82, 2.24) is 10.6 Å². The van der Waals surface area contributed by atoms with Gasteiger partial charge >= 0.3 is 0 Å². The highest BCUT2D eigenvalue weighted by atomic mass is 16.5. The Morgan fingerprint density at radius 1 is 0.914 bits per heavy atom. The van der Waals surface area contributed by atoms with Crippen LogP contribution >= 0.6 is 0 Å². The minimum Gasteiger partial charge on any atom is -0.493 e. The van der Waals surface area contributed by atoms with Crippen molar-refractivity contribution in [3.63, 3.8) is 0 Å². The predicted molar refractivity (Wildman–Crippen MR) is 142 cm³/mol. The topological polar surface area (TPSA) is 93.4 Å². The molecule has 0 aromatic heterocycles. The molecule has 2 aromatic rings. The maximum atomic E-state index is 13.1. The van der Waals surface area contributed by atoms with E-state index in [4.69, 9.17) is 10.5 Å². The number of benzene rings is 2. The van der Waals surface area contributed by atoms with Crippen LogP contribution in [0, 0.1) is 11.8 Å². The van der Waals surface area contributed by atoms with Crippen LogP contribution in [0.15, 0.2) is 54.6 Å². The van der Waals surface area contributed by atoms with Crippen LogP contribution in [-0.2, 0) is 9.59 Å². The van der Waals surface area contributed by atoms with Crippen molar-refractivity contribution in [3.8, 4) is 5.75 Å². The molecule has 2 aromatic carbocycles. The molecule has 192 valence electrons. The van der Waals surface area contributed by atoms with E-state index in [1.54, 1.807) is 0 Å². The molecule has 1 unspecified atom stereocenters. The molecule has 0 bridgehead atoms. The van der Waals surface area contributed by atoms with Crippen LogP contribution in [0.1, 0.15) is 77.0 Å². The normalized spacial score (nSPS) is 14.6. The van der Waals surface area contributed by atoms with Crippen molar-refractivity contribution in [2.45, 2.75) is 71.9 Å². The summed E-state index contributed by atoms with van der Waals surface area (Å²) in [6.07, 6.45) is 2.87. The van der Waals surface area contributed by atoms with E-state index in [0.29, 0.717) is 24.9 Å². The summed E-state index contributed by atoms with van der Waals surface area (Å²) in [6.45, 7) is 11.2. The van der Waals surface area contributed by atoms with Crippen LogP contribution in [0.3, 0.4) is 0 Å². The Morgan fingerprint density at radius 2 is 1.57 bits per heavy atom. The van der Waals surface area contributed by atoms with Gasteiger partial charge in [-0.25, -0.2) is 0 Å². The second-order valence-electron chi connectivity index (χ2n) is 9.95. The van der Waals surface area contributed by atoms with Gasteiger partial charge in [0.2, 0.25) is 11.8 Å². The average molecular weight is 482 g/mol. The molecule has 2 rings (SSSR count). The molecule has 0 heterocycles. The Kier molecular flexibility index (Phi) is 11.8. The van der Waals surface area contributed by atoms with Crippen molar-refractivity contribution in [2.75, 3.05) is 13.2 Å². The number of ether oxygens (including phenoxy) is 1. The van der Waals surface area contributed by atoms with Gasteiger partial charge in [-0.3, -0.25) is 9.59 Å². The first-order chi connectivity index (χ1) is 16.7. The van der Waals surface area contributed by atoms with Gasteiger partial charge in [0.1, 0.15) is 5.75 Å². The van der Waals surface area contributed by atoms with Gasteiger partial charge in [-0.15, -0.1) is 0 Å². The fraction of sp³-hybridized carbons (Fsp3) is 0.517. The molecule has 0 radical (unpaired) electrons. The molecule has 4 N–H and O–H groups in total. The van der Waals surface area contributed by atoms with Crippen LogP contribution in [-0.4, -0.2) is 31.0 Å². The Balaban J connectivity index is 2.11. The van der Waals surface area contributed by atoms with Crippen LogP contribution in [0.2, 0.25) is 0 Å². The lowest BCUT2D eigenvalue weighted by Gasteiger charge is -2.24. The fourth-order valence-corrected chi connectivity index (χ4v) is 4.00. The van der Waals surface area contributed by atoms with Gasteiger partial charge < -0.3 is 21.1 Å². The van der Waals surface area contributed by atoms with Gasteiger partial charge in [0.05, 0.1) is 24.6 Å². The third-order valence-electron chi connectivity index (χ3n) is 6.15. The predicted octanol–water partition coefficient (Wildman–Crippen LogP) is 4.95. The molecular formula is C29H43N3O3. The van der Waals surface area contributed by atoms with Crippen molar-refractivity contribution >= 4 is 11.8 Å². The smallest absolute Gasteiger partial charge is 0.237 e. The average Bonchev–Trinajstić information content (AvgIpc) is 2.85. The van der Waals surface area contributed by atoms with Gasteiger partial charge in [0, 0.05) is 6.54 Å². The first-order valence-electron chi connectivity index (χ1n) is 12.8. The standard InChI is InChI=1S/C29H43N3O3/c1-6-10-21(4)19-35-25-15-13-24(14-16-25)27(18-31-29(34)26(30)17-20(2)3)32-28(33)22(5)23-11-8-7-9-12-23/h7-9,11-16,20-22,26-27H,6,10,17-19,30H2,1-5H3,(H,31,34)(H,32,33)/t21?,22-,26+,27-/m0/s1. The van der Waals surface area contributed by atoms with Gasteiger partial charge in [-0.1, -0.05) is 76.6 Å². The zero-order chi connectivity index (χ0) is 25.8. The first kappa shape index (κ1) is 28.4. The monoisotopic (exact) mass is 481 g/mol. The van der Waals surface area contributed by atoms with Crippen LogP contribution in [0.5, 0.6) is 5.75 Å². The Hall–Kier alpha value is -2.86. The molecular weight excluding hydrogens is 438 g/mol. The second-order valence-corrected chi connectivity index (χ2v) is 9.95. The van der Waals surface area contributed by atoms with Gasteiger partial charge in [0.15, 0.2) is 0 Å². The van der Waals surface area contributed by atoms with E-state index in [0.717, 1.165) is 29.7 Å². The summed E-state index contributed by atoms with van der Waals surface area (Å²) >= 11 is 0. The number of hydrogen-bond acceptors (Lipinski definition) is 4. The van der Waals surface area contributed by atoms with E-state index in [9.17, 15) is 9.59 Å². The molecule has 0 saturated heterocycles. The summed E-state index contributed by atoms with van der Waals surface area (Å²) in [5.74, 6) is 0.985. The maximum Gasteiger partial charge on any atom is 0.237 e. The van der Waals surface area contributed by atoms with Crippen LogP contribution < -0.4 is 21.1 Å². The maximum absolute atomic E-state index is 13.1. The van der Waals surface area contributed by atoms with E-state index in [1.165, 1.54) is 0 Å². The number of carbonyl (C=O) groups is 2. The van der Waals surface area contributed by atoms with E-state index in [2.05, 4.69) is 24.5 Å². The molecule has 6 nitrogen and oxygen atoms in total. The molecule has 0 saturated carbocycles. The van der Waals surface area contributed by atoms with Crippen LogP contribution in [0.25, 0.3) is 0 Å². The van der Waals surface area contributed by atoms with Crippen molar-refractivity contribution in [1.29, 1.82) is 0 Å². The van der Waals surface area contributed by atoms with Crippen molar-refractivity contribution in [3.05, 3.63) is 65.7 Å². The third kappa shape index (κ3) is 9.73. The summed E-state index contributed by atoms with van der Waals surface area (Å²) in [7, 11) is 0. The molecule has 0 fully saturated rings. The number of hydrogen-bond donors (Lipinski definition) is 3. The van der Waals surface area contributed by atoms with Crippen molar-refractivity contribution in [2.24, 2.45) is 17.6 Å². The summed E-state index contributed by atoms with van der Waals surface area (Å²) in [5.41, 5.74) is 7.89. The Morgan fingerprint density at radius 3 is 2.17 bits per heavy atom. The number of carbonyl (C=O) groups excluding carboxylic acids is 2. The molecule has 0 spiro atoms. The van der Waals surface area contributed by atoms with Gasteiger partial charge in [0.25, 0.3) is 0 Å². The third-order valence-corrected chi connectivity index (χ3v) is 6.15. The highest BCUT2D eigenvalue weighted by Gasteiger charge is 2.22. The minimum absolute atomic E-state index is 0.101. The lowest BCUT2D eigenvalue weighted by atomic mass is 9.99. The second kappa shape index (κ2) is 14.5. The Bertz CT molecular complexity index is 899. The molecule has 2 amide bonds. The van der Waals surface area contributed by atoms with E-state index >= 15 is 0 Å².